The third-order valence-corrected chi connectivity index (χ3v) is 2.47. The van der Waals surface area contributed by atoms with Crippen molar-refractivity contribution in [1.82, 2.24) is 15.0 Å². The molecule has 0 unspecified atom stereocenters. The van der Waals surface area contributed by atoms with Gasteiger partial charge in [0, 0.05) is 0 Å². The molecule has 0 radical (unpaired) electrons. The van der Waals surface area contributed by atoms with Gasteiger partial charge >= 0.3 is 0 Å². The lowest BCUT2D eigenvalue weighted by molar-refractivity contribution is 1.23. The van der Waals surface area contributed by atoms with Crippen molar-refractivity contribution >= 4 is 39.2 Å². The minimum atomic E-state index is 0.191. The molecule has 0 atom stereocenters. The zero-order valence-electron chi connectivity index (χ0n) is 6.21. The molecule has 6 heteroatoms. The van der Waals surface area contributed by atoms with Crippen LogP contribution in [0.1, 0.15) is 5.01 Å². The van der Waals surface area contributed by atoms with Gasteiger partial charge in [-0.05, 0) is 6.92 Å². The number of thiazole rings is 1. The maximum atomic E-state index is 5.79. The van der Waals surface area contributed by atoms with E-state index in [2.05, 4.69) is 15.0 Å². The molecule has 2 aromatic rings. The minimum absolute atomic E-state index is 0.191. The quantitative estimate of drug-likeness (QED) is 0.657. The molecule has 62 valence electrons. The molecule has 12 heavy (non-hydrogen) atoms. The van der Waals surface area contributed by atoms with Crippen LogP contribution in [0.5, 0.6) is 0 Å². The van der Waals surface area contributed by atoms with Crippen LogP contribution >= 0.6 is 22.9 Å². The zero-order chi connectivity index (χ0) is 8.72. The Morgan fingerprint density at radius 1 is 1.33 bits per heavy atom. The summed E-state index contributed by atoms with van der Waals surface area (Å²) in [5.41, 5.74) is 6.04. The molecule has 0 saturated carbocycles. The number of rotatable bonds is 0. The average molecular weight is 201 g/mol. The van der Waals surface area contributed by atoms with E-state index < -0.39 is 0 Å². The lowest BCUT2D eigenvalue weighted by Gasteiger charge is -1.92. The van der Waals surface area contributed by atoms with Crippen LogP contribution in [-0.2, 0) is 0 Å². The smallest absolute Gasteiger partial charge is 0.222 e. The Morgan fingerprint density at radius 3 is 2.83 bits per heavy atom. The Labute approximate surface area is 77.4 Å². The van der Waals surface area contributed by atoms with Crippen LogP contribution in [0.3, 0.4) is 0 Å². The fourth-order valence-corrected chi connectivity index (χ4v) is 1.98. The summed E-state index contributed by atoms with van der Waals surface area (Å²) in [5.74, 6) is 0.191. The van der Waals surface area contributed by atoms with Gasteiger partial charge < -0.3 is 5.73 Å². The number of aryl methyl sites for hydroxylation is 1. The summed E-state index contributed by atoms with van der Waals surface area (Å²) in [6.07, 6.45) is 0. The van der Waals surface area contributed by atoms with Crippen LogP contribution in [0.15, 0.2) is 0 Å². The van der Waals surface area contributed by atoms with E-state index in [1.54, 1.807) is 0 Å². The number of hydrogen-bond acceptors (Lipinski definition) is 5. The molecule has 0 spiro atoms. The van der Waals surface area contributed by atoms with Gasteiger partial charge in [0.2, 0.25) is 5.95 Å². The third-order valence-electron chi connectivity index (χ3n) is 1.34. The summed E-state index contributed by atoms with van der Waals surface area (Å²) >= 11 is 7.24. The molecule has 0 bridgehead atoms. The molecular weight excluding hydrogens is 196 g/mol. The van der Waals surface area contributed by atoms with Gasteiger partial charge in [-0.25, -0.2) is 9.97 Å². The number of halogens is 1. The van der Waals surface area contributed by atoms with Crippen LogP contribution in [0.2, 0.25) is 5.15 Å². The van der Waals surface area contributed by atoms with Crippen molar-refractivity contribution in [1.29, 1.82) is 0 Å². The first-order chi connectivity index (χ1) is 5.66. The molecule has 2 heterocycles. The van der Waals surface area contributed by atoms with Gasteiger partial charge in [-0.15, -0.1) is 0 Å². The van der Waals surface area contributed by atoms with E-state index in [0.29, 0.717) is 10.7 Å². The van der Waals surface area contributed by atoms with Gasteiger partial charge in [0.15, 0.2) is 9.98 Å². The Kier molecular flexibility index (Phi) is 1.62. The number of nitrogens with zero attached hydrogens (tertiary/aromatic N) is 3. The predicted octanol–water partition coefficient (Wildman–Crippen LogP) is 1.63. The van der Waals surface area contributed by atoms with Crippen molar-refractivity contribution in [3.63, 3.8) is 0 Å². The van der Waals surface area contributed by atoms with Crippen LogP contribution in [0, 0.1) is 6.92 Å². The number of nitrogen functional groups attached to an aromatic ring is 1. The molecule has 0 aliphatic heterocycles. The van der Waals surface area contributed by atoms with Crippen LogP contribution < -0.4 is 5.73 Å². The number of hydrogen-bond donors (Lipinski definition) is 1. The van der Waals surface area contributed by atoms with Crippen molar-refractivity contribution in [3.05, 3.63) is 10.2 Å². The first kappa shape index (κ1) is 7.70. The van der Waals surface area contributed by atoms with E-state index in [1.807, 2.05) is 6.92 Å². The second-order valence-electron chi connectivity index (χ2n) is 2.26. The van der Waals surface area contributed by atoms with Crippen LogP contribution in [0.4, 0.5) is 5.95 Å². The van der Waals surface area contributed by atoms with E-state index in [4.69, 9.17) is 17.3 Å². The van der Waals surface area contributed by atoms with Gasteiger partial charge in [0.05, 0.1) is 5.01 Å². The number of anilines is 1. The van der Waals surface area contributed by atoms with Crippen LogP contribution in [0.25, 0.3) is 10.3 Å². The van der Waals surface area contributed by atoms with Crippen molar-refractivity contribution in [2.45, 2.75) is 6.92 Å². The first-order valence-electron chi connectivity index (χ1n) is 3.23. The summed E-state index contributed by atoms with van der Waals surface area (Å²) in [6, 6.07) is 0. The Hall–Kier alpha value is -0.940. The van der Waals surface area contributed by atoms with E-state index in [1.165, 1.54) is 11.3 Å². The van der Waals surface area contributed by atoms with Gasteiger partial charge in [0.1, 0.15) is 5.52 Å². The first-order valence-corrected chi connectivity index (χ1v) is 4.42. The summed E-state index contributed by atoms with van der Waals surface area (Å²) < 4.78 is 0. The van der Waals surface area contributed by atoms with Crippen molar-refractivity contribution in [2.75, 3.05) is 5.73 Å². The maximum Gasteiger partial charge on any atom is 0.222 e. The SMILES string of the molecule is Cc1nc2c(Cl)nc(N)nc2s1. The monoisotopic (exact) mass is 200 g/mol. The number of nitrogens with two attached hydrogens (primary N) is 1. The fraction of sp³-hybridized carbons (Fsp3) is 0.167. The van der Waals surface area contributed by atoms with E-state index in [9.17, 15) is 0 Å². The second kappa shape index (κ2) is 2.53. The van der Waals surface area contributed by atoms with E-state index in [0.717, 1.165) is 9.84 Å². The van der Waals surface area contributed by atoms with E-state index >= 15 is 0 Å². The fourth-order valence-electron chi connectivity index (χ4n) is 0.909. The Bertz CT molecular complexity index is 438. The Balaban J connectivity index is 2.88. The molecular formula is C6H5ClN4S. The number of fused-ring (bicyclic) bond motifs is 1. The summed E-state index contributed by atoms with van der Waals surface area (Å²) in [7, 11) is 0. The highest BCUT2D eigenvalue weighted by atomic mass is 35.5. The van der Waals surface area contributed by atoms with Gasteiger partial charge in [-0.2, -0.15) is 4.98 Å². The second-order valence-corrected chi connectivity index (χ2v) is 3.80. The average Bonchev–Trinajstić information content (AvgIpc) is 2.29. The topological polar surface area (TPSA) is 64.7 Å². The molecule has 0 aliphatic rings. The normalized spacial score (nSPS) is 10.8. The molecule has 0 amide bonds. The molecule has 2 rings (SSSR count). The standard InChI is InChI=1S/C6H5ClN4S/c1-2-9-3-4(7)10-6(8)11-5(3)12-2/h1H3,(H2,8,10,11). The number of aromatic nitrogens is 3. The molecule has 0 fully saturated rings. The van der Waals surface area contributed by atoms with Gasteiger partial charge in [0.25, 0.3) is 0 Å². The van der Waals surface area contributed by atoms with Crippen LogP contribution in [-0.4, -0.2) is 15.0 Å². The lowest BCUT2D eigenvalue weighted by Crippen LogP contribution is -1.94. The zero-order valence-corrected chi connectivity index (χ0v) is 7.78. The molecule has 4 nitrogen and oxygen atoms in total. The molecule has 2 N–H and O–H groups in total. The third kappa shape index (κ3) is 1.11. The van der Waals surface area contributed by atoms with Crippen molar-refractivity contribution in [2.24, 2.45) is 0 Å². The molecule has 0 aromatic carbocycles. The predicted molar refractivity (Wildman–Crippen MR) is 49.4 cm³/mol. The molecule has 2 aromatic heterocycles. The minimum Gasteiger partial charge on any atom is -0.368 e. The van der Waals surface area contributed by atoms with Gasteiger partial charge in [-0.3, -0.25) is 0 Å². The Morgan fingerprint density at radius 2 is 2.08 bits per heavy atom. The van der Waals surface area contributed by atoms with Crippen molar-refractivity contribution < 1.29 is 0 Å². The summed E-state index contributed by atoms with van der Waals surface area (Å²) in [5, 5.41) is 1.23. The maximum absolute atomic E-state index is 5.79. The highest BCUT2D eigenvalue weighted by Gasteiger charge is 2.07. The molecule has 0 saturated heterocycles. The van der Waals surface area contributed by atoms with Crippen molar-refractivity contribution in [3.8, 4) is 0 Å². The largest absolute Gasteiger partial charge is 0.368 e. The highest BCUT2D eigenvalue weighted by Crippen LogP contribution is 2.24. The van der Waals surface area contributed by atoms with Gasteiger partial charge in [-0.1, -0.05) is 22.9 Å². The molecule has 0 aliphatic carbocycles. The summed E-state index contributed by atoms with van der Waals surface area (Å²) in [6.45, 7) is 1.89. The highest BCUT2D eigenvalue weighted by molar-refractivity contribution is 7.18. The van der Waals surface area contributed by atoms with E-state index in [-0.39, 0.29) is 5.95 Å². The lowest BCUT2D eigenvalue weighted by atomic mass is 10.6. The summed E-state index contributed by atoms with van der Waals surface area (Å²) in [4.78, 5) is 12.7.